The topological polar surface area (TPSA) is 58.6 Å². The Morgan fingerprint density at radius 3 is 2.19 bits per heavy atom. The van der Waals surface area contributed by atoms with Crippen molar-refractivity contribution in [2.24, 2.45) is 0 Å². The number of carbonyl (C=O) groups excluding carboxylic acids is 2. The maximum atomic E-state index is 12.2. The summed E-state index contributed by atoms with van der Waals surface area (Å²) in [5.41, 5.74) is 2.74. The Morgan fingerprint density at radius 1 is 1.00 bits per heavy atom. The molecule has 0 unspecified atom stereocenters. The van der Waals surface area contributed by atoms with Gasteiger partial charge < -0.3 is 15.0 Å². The van der Waals surface area contributed by atoms with Crippen LogP contribution in [-0.2, 0) is 16.0 Å². The van der Waals surface area contributed by atoms with E-state index in [2.05, 4.69) is 12.2 Å². The van der Waals surface area contributed by atoms with Crippen molar-refractivity contribution in [1.82, 2.24) is 0 Å². The molecular weight excluding hydrogens is 328 g/mol. The van der Waals surface area contributed by atoms with Crippen LogP contribution in [0.1, 0.15) is 32.8 Å². The average Bonchev–Trinajstić information content (AvgIpc) is 2.64. The maximum absolute atomic E-state index is 12.2. The second kappa shape index (κ2) is 9.61. The molecule has 0 heterocycles. The number of carbonyl (C=O) groups is 2. The van der Waals surface area contributed by atoms with Crippen LogP contribution >= 0.6 is 0 Å². The van der Waals surface area contributed by atoms with Gasteiger partial charge in [0, 0.05) is 31.3 Å². The van der Waals surface area contributed by atoms with Gasteiger partial charge in [0.1, 0.15) is 5.75 Å². The van der Waals surface area contributed by atoms with E-state index in [0.717, 1.165) is 23.5 Å². The van der Waals surface area contributed by atoms with Crippen molar-refractivity contribution in [3.05, 3.63) is 54.1 Å². The van der Waals surface area contributed by atoms with Crippen LogP contribution in [0.25, 0.3) is 0 Å². The van der Waals surface area contributed by atoms with Crippen LogP contribution in [0.5, 0.6) is 5.75 Å². The van der Waals surface area contributed by atoms with Crippen LogP contribution in [0, 0.1) is 0 Å². The molecule has 2 aromatic carbocycles. The summed E-state index contributed by atoms with van der Waals surface area (Å²) >= 11 is 0. The molecule has 5 heteroatoms. The molecule has 0 saturated heterocycles. The lowest BCUT2D eigenvalue weighted by Gasteiger charge is -2.21. The molecule has 2 amide bonds. The Morgan fingerprint density at radius 2 is 1.65 bits per heavy atom. The van der Waals surface area contributed by atoms with Crippen molar-refractivity contribution < 1.29 is 14.3 Å². The zero-order valence-corrected chi connectivity index (χ0v) is 15.6. The molecule has 26 heavy (non-hydrogen) atoms. The van der Waals surface area contributed by atoms with E-state index in [1.54, 1.807) is 4.90 Å². The summed E-state index contributed by atoms with van der Waals surface area (Å²) in [6.07, 6.45) is 1.19. The summed E-state index contributed by atoms with van der Waals surface area (Å²) in [5, 5.41) is 2.87. The lowest BCUT2D eigenvalue weighted by molar-refractivity contribution is -0.117. The van der Waals surface area contributed by atoms with Crippen molar-refractivity contribution in [2.75, 3.05) is 23.4 Å². The number of amides is 2. The summed E-state index contributed by atoms with van der Waals surface area (Å²) in [4.78, 5) is 25.7. The number of nitrogens with one attached hydrogen (secondary N) is 1. The molecule has 2 rings (SSSR count). The first kappa shape index (κ1) is 19.5. The van der Waals surface area contributed by atoms with Crippen LogP contribution in [-0.4, -0.2) is 25.0 Å². The summed E-state index contributed by atoms with van der Waals surface area (Å²) in [6, 6.07) is 15.1. The van der Waals surface area contributed by atoms with E-state index in [-0.39, 0.29) is 18.2 Å². The normalized spacial score (nSPS) is 10.3. The van der Waals surface area contributed by atoms with E-state index < -0.39 is 0 Å². The number of nitrogens with zero attached hydrogens (tertiary/aromatic N) is 1. The van der Waals surface area contributed by atoms with Crippen molar-refractivity contribution >= 4 is 23.2 Å². The molecule has 138 valence electrons. The van der Waals surface area contributed by atoms with Gasteiger partial charge in [0.05, 0.1) is 6.61 Å². The molecule has 0 aliphatic heterocycles. The van der Waals surface area contributed by atoms with Gasteiger partial charge in [-0.1, -0.05) is 19.1 Å². The SMILES string of the molecule is CCOc1ccc(N(CCC(=O)Nc2ccc(CC)cc2)C(C)=O)cc1. The van der Waals surface area contributed by atoms with E-state index in [4.69, 9.17) is 4.74 Å². The Kier molecular flexibility index (Phi) is 7.21. The van der Waals surface area contributed by atoms with Crippen LogP contribution in [0.3, 0.4) is 0 Å². The zero-order valence-electron chi connectivity index (χ0n) is 15.6. The quantitative estimate of drug-likeness (QED) is 0.779. The molecule has 0 aromatic heterocycles. The van der Waals surface area contributed by atoms with Crippen LogP contribution in [0.4, 0.5) is 11.4 Å². The molecule has 0 spiro atoms. The fourth-order valence-corrected chi connectivity index (χ4v) is 2.62. The molecule has 0 atom stereocenters. The van der Waals surface area contributed by atoms with Crippen molar-refractivity contribution in [3.8, 4) is 5.75 Å². The Bertz CT molecular complexity index is 724. The molecular formula is C21H26N2O3. The molecule has 0 saturated carbocycles. The number of aryl methyl sites for hydroxylation is 1. The first-order chi connectivity index (χ1) is 12.5. The molecule has 1 N–H and O–H groups in total. The summed E-state index contributed by atoms with van der Waals surface area (Å²) in [6.45, 7) is 6.42. The third-order valence-electron chi connectivity index (χ3n) is 4.05. The Hall–Kier alpha value is -2.82. The zero-order chi connectivity index (χ0) is 18.9. The van der Waals surface area contributed by atoms with Crippen molar-refractivity contribution in [2.45, 2.75) is 33.6 Å². The Labute approximate surface area is 155 Å². The van der Waals surface area contributed by atoms with Gasteiger partial charge in [-0.25, -0.2) is 0 Å². The van der Waals surface area contributed by atoms with Gasteiger partial charge in [0.2, 0.25) is 11.8 Å². The lowest BCUT2D eigenvalue weighted by Crippen LogP contribution is -2.31. The van der Waals surface area contributed by atoms with Gasteiger partial charge in [-0.15, -0.1) is 0 Å². The lowest BCUT2D eigenvalue weighted by atomic mass is 10.1. The van der Waals surface area contributed by atoms with E-state index in [1.807, 2.05) is 55.5 Å². The molecule has 0 fully saturated rings. The van der Waals surface area contributed by atoms with Crippen LogP contribution < -0.4 is 15.0 Å². The minimum absolute atomic E-state index is 0.103. The standard InChI is InChI=1S/C21H26N2O3/c1-4-17-6-8-18(9-7-17)22-21(25)14-15-23(16(3)24)19-10-12-20(13-11-19)26-5-2/h6-13H,4-5,14-15H2,1-3H3,(H,22,25). The third kappa shape index (κ3) is 5.62. The average molecular weight is 354 g/mol. The highest BCUT2D eigenvalue weighted by Gasteiger charge is 2.14. The fourth-order valence-electron chi connectivity index (χ4n) is 2.62. The highest BCUT2D eigenvalue weighted by molar-refractivity contribution is 5.94. The monoisotopic (exact) mass is 354 g/mol. The molecule has 0 radical (unpaired) electrons. The number of benzene rings is 2. The van der Waals surface area contributed by atoms with Crippen molar-refractivity contribution in [1.29, 1.82) is 0 Å². The number of hydrogen-bond donors (Lipinski definition) is 1. The molecule has 2 aromatic rings. The molecule has 0 aliphatic carbocycles. The second-order valence-electron chi connectivity index (χ2n) is 5.95. The van der Waals surface area contributed by atoms with E-state index >= 15 is 0 Å². The van der Waals surface area contributed by atoms with Gasteiger partial charge >= 0.3 is 0 Å². The highest BCUT2D eigenvalue weighted by Crippen LogP contribution is 2.20. The summed E-state index contributed by atoms with van der Waals surface area (Å²) < 4.78 is 5.41. The summed E-state index contributed by atoms with van der Waals surface area (Å²) in [7, 11) is 0. The Balaban J connectivity index is 1.94. The maximum Gasteiger partial charge on any atom is 0.226 e. The van der Waals surface area contributed by atoms with Gasteiger partial charge in [-0.2, -0.15) is 0 Å². The van der Waals surface area contributed by atoms with Crippen molar-refractivity contribution in [3.63, 3.8) is 0 Å². The second-order valence-corrected chi connectivity index (χ2v) is 5.95. The fraction of sp³-hybridized carbons (Fsp3) is 0.333. The third-order valence-corrected chi connectivity index (χ3v) is 4.05. The van der Waals surface area contributed by atoms with Gasteiger partial charge in [-0.05, 0) is 55.3 Å². The van der Waals surface area contributed by atoms with Crippen LogP contribution in [0.15, 0.2) is 48.5 Å². The molecule has 0 bridgehead atoms. The predicted molar refractivity (Wildman–Crippen MR) is 105 cm³/mol. The number of ether oxygens (including phenoxy) is 1. The smallest absolute Gasteiger partial charge is 0.226 e. The summed E-state index contributed by atoms with van der Waals surface area (Å²) in [5.74, 6) is 0.536. The predicted octanol–water partition coefficient (Wildman–Crippen LogP) is 4.03. The first-order valence-electron chi connectivity index (χ1n) is 8.93. The molecule has 0 aliphatic rings. The number of anilines is 2. The minimum atomic E-state index is -0.119. The van der Waals surface area contributed by atoms with Gasteiger partial charge in [0.15, 0.2) is 0 Å². The highest BCUT2D eigenvalue weighted by atomic mass is 16.5. The van der Waals surface area contributed by atoms with E-state index in [9.17, 15) is 9.59 Å². The molecule has 5 nitrogen and oxygen atoms in total. The van der Waals surface area contributed by atoms with E-state index in [0.29, 0.717) is 13.2 Å². The van der Waals surface area contributed by atoms with Gasteiger partial charge in [-0.3, -0.25) is 9.59 Å². The number of rotatable bonds is 8. The van der Waals surface area contributed by atoms with E-state index in [1.165, 1.54) is 12.5 Å². The number of hydrogen-bond acceptors (Lipinski definition) is 3. The van der Waals surface area contributed by atoms with Crippen LogP contribution in [0.2, 0.25) is 0 Å². The largest absolute Gasteiger partial charge is 0.494 e. The van der Waals surface area contributed by atoms with Gasteiger partial charge in [0.25, 0.3) is 0 Å². The minimum Gasteiger partial charge on any atom is -0.494 e. The first-order valence-corrected chi connectivity index (χ1v) is 8.93.